The summed E-state index contributed by atoms with van der Waals surface area (Å²) in [5.41, 5.74) is 2.76. The van der Waals surface area contributed by atoms with Crippen molar-refractivity contribution in [3.63, 3.8) is 0 Å². The molecule has 0 amide bonds. The highest BCUT2D eigenvalue weighted by Crippen LogP contribution is 2.17. The van der Waals surface area contributed by atoms with Gasteiger partial charge in [0.05, 0.1) is 12.1 Å². The minimum Gasteiger partial charge on any atom is -0.494 e. The maximum atomic E-state index is 5.56. The van der Waals surface area contributed by atoms with Crippen LogP contribution in [0.5, 0.6) is 5.75 Å². The Morgan fingerprint density at radius 1 is 1.14 bits per heavy atom. The Morgan fingerprint density at radius 2 is 1.96 bits per heavy atom. The number of fused-ring (bicyclic) bond motifs is 2. The quantitative estimate of drug-likeness (QED) is 0.669. The summed E-state index contributed by atoms with van der Waals surface area (Å²) in [5, 5.41) is 4.70. The van der Waals surface area contributed by atoms with Crippen LogP contribution in [-0.4, -0.2) is 21.3 Å². The van der Waals surface area contributed by atoms with Gasteiger partial charge in [-0.2, -0.15) is 0 Å². The number of anilines is 1. The van der Waals surface area contributed by atoms with E-state index in [0.717, 1.165) is 53.0 Å². The first-order valence-electron chi connectivity index (χ1n) is 9.81. The topological polar surface area (TPSA) is 51.4 Å². The van der Waals surface area contributed by atoms with Gasteiger partial charge in [-0.3, -0.25) is 0 Å². The third-order valence-electron chi connectivity index (χ3n) is 4.87. The molecule has 144 valence electrons. The fraction of sp³-hybridized carbons (Fsp3) is 0.318. The third kappa shape index (κ3) is 4.07. The van der Waals surface area contributed by atoms with Gasteiger partial charge in [0.2, 0.25) is 0 Å². The van der Waals surface area contributed by atoms with Crippen LogP contribution in [0.1, 0.15) is 32.0 Å². The van der Waals surface area contributed by atoms with Crippen molar-refractivity contribution in [2.45, 2.75) is 39.2 Å². The first-order chi connectivity index (χ1) is 13.7. The van der Waals surface area contributed by atoms with Gasteiger partial charge in [0.25, 0.3) is 0 Å². The average molecular weight is 393 g/mol. The van der Waals surface area contributed by atoms with E-state index in [9.17, 15) is 0 Å². The van der Waals surface area contributed by atoms with Crippen molar-refractivity contribution in [2.75, 3.05) is 11.9 Å². The van der Waals surface area contributed by atoms with Gasteiger partial charge < -0.3 is 14.6 Å². The number of nitrogens with one attached hydrogen (secondary N) is 1. The van der Waals surface area contributed by atoms with E-state index >= 15 is 0 Å². The predicted octanol–water partition coefficient (Wildman–Crippen LogP) is 4.46. The Morgan fingerprint density at radius 3 is 2.79 bits per heavy atom. The maximum Gasteiger partial charge on any atom is 0.199 e. The number of nitrogens with zero attached hydrogens (tertiary/aromatic N) is 3. The molecule has 0 unspecified atom stereocenters. The Balaban J connectivity index is 1.71. The lowest BCUT2D eigenvalue weighted by Gasteiger charge is -2.13. The molecule has 0 atom stereocenters. The number of benzene rings is 2. The number of aryl methyl sites for hydroxylation is 1. The highest BCUT2D eigenvalue weighted by Gasteiger charge is 2.13. The SMILES string of the molecule is CCOc1ccc(NC(=S)N=c2c3ccccc3nc3n2CCCCC3)cc1. The minimum atomic E-state index is 0.444. The van der Waals surface area contributed by atoms with E-state index in [0.29, 0.717) is 11.7 Å². The summed E-state index contributed by atoms with van der Waals surface area (Å²) in [6.45, 7) is 3.55. The summed E-state index contributed by atoms with van der Waals surface area (Å²) in [4.78, 5) is 9.69. The molecule has 0 aliphatic carbocycles. The molecular formula is C22H24N4OS. The van der Waals surface area contributed by atoms with Gasteiger partial charge in [0.1, 0.15) is 17.1 Å². The molecule has 0 fully saturated rings. The molecule has 0 spiro atoms. The highest BCUT2D eigenvalue weighted by molar-refractivity contribution is 7.80. The van der Waals surface area contributed by atoms with E-state index < -0.39 is 0 Å². The molecule has 28 heavy (non-hydrogen) atoms. The van der Waals surface area contributed by atoms with Gasteiger partial charge in [0, 0.05) is 24.0 Å². The lowest BCUT2D eigenvalue weighted by atomic mass is 10.2. The van der Waals surface area contributed by atoms with E-state index in [1.807, 2.05) is 49.4 Å². The van der Waals surface area contributed by atoms with Crippen molar-refractivity contribution in [1.29, 1.82) is 0 Å². The number of hydrogen-bond donors (Lipinski definition) is 1. The van der Waals surface area contributed by atoms with Crippen LogP contribution in [0.25, 0.3) is 10.9 Å². The number of rotatable bonds is 3. The zero-order chi connectivity index (χ0) is 19.3. The average Bonchev–Trinajstić information content (AvgIpc) is 2.95. The first kappa shape index (κ1) is 18.6. The van der Waals surface area contributed by atoms with Gasteiger partial charge in [-0.05, 0) is 68.4 Å². The number of thiocarbonyl (C=S) groups is 1. The largest absolute Gasteiger partial charge is 0.494 e. The maximum absolute atomic E-state index is 5.56. The second-order valence-corrected chi connectivity index (χ2v) is 7.22. The summed E-state index contributed by atoms with van der Waals surface area (Å²) in [6.07, 6.45) is 4.50. The fourth-order valence-corrected chi connectivity index (χ4v) is 3.76. The third-order valence-corrected chi connectivity index (χ3v) is 5.06. The molecule has 4 rings (SSSR count). The summed E-state index contributed by atoms with van der Waals surface area (Å²) in [6, 6.07) is 15.9. The second-order valence-electron chi connectivity index (χ2n) is 6.83. The van der Waals surface area contributed by atoms with E-state index in [4.69, 9.17) is 26.9 Å². The molecule has 6 heteroatoms. The zero-order valence-electron chi connectivity index (χ0n) is 16.0. The Kier molecular flexibility index (Phi) is 5.67. The monoisotopic (exact) mass is 392 g/mol. The highest BCUT2D eigenvalue weighted by atomic mass is 32.1. The molecule has 2 heterocycles. The summed E-state index contributed by atoms with van der Waals surface area (Å²) < 4.78 is 7.73. The summed E-state index contributed by atoms with van der Waals surface area (Å²) >= 11 is 5.56. The number of aromatic nitrogens is 2. The van der Waals surface area contributed by atoms with Crippen LogP contribution in [-0.2, 0) is 13.0 Å². The molecule has 5 nitrogen and oxygen atoms in total. The Bertz CT molecular complexity index is 1060. The molecular weight excluding hydrogens is 368 g/mol. The molecule has 1 aliphatic heterocycles. The fourth-order valence-electron chi connectivity index (χ4n) is 3.55. The van der Waals surface area contributed by atoms with Crippen molar-refractivity contribution in [2.24, 2.45) is 4.99 Å². The molecule has 0 saturated carbocycles. The van der Waals surface area contributed by atoms with Crippen LogP contribution >= 0.6 is 12.2 Å². The predicted molar refractivity (Wildman–Crippen MR) is 117 cm³/mol. The Labute approximate surface area is 170 Å². The molecule has 0 bridgehead atoms. The van der Waals surface area contributed by atoms with Crippen molar-refractivity contribution < 1.29 is 4.74 Å². The molecule has 1 N–H and O–H groups in total. The molecule has 3 aromatic rings. The second kappa shape index (κ2) is 8.52. The van der Waals surface area contributed by atoms with Gasteiger partial charge in [0.15, 0.2) is 5.11 Å². The van der Waals surface area contributed by atoms with E-state index in [-0.39, 0.29) is 0 Å². The first-order valence-corrected chi connectivity index (χ1v) is 10.2. The molecule has 1 aromatic heterocycles. The summed E-state index contributed by atoms with van der Waals surface area (Å²) in [7, 11) is 0. The van der Waals surface area contributed by atoms with Crippen molar-refractivity contribution >= 4 is 33.9 Å². The van der Waals surface area contributed by atoms with Crippen LogP contribution in [0.4, 0.5) is 5.69 Å². The van der Waals surface area contributed by atoms with E-state index in [1.54, 1.807) is 0 Å². The van der Waals surface area contributed by atoms with Gasteiger partial charge in [-0.1, -0.05) is 18.6 Å². The molecule has 1 aliphatic rings. The van der Waals surface area contributed by atoms with Crippen LogP contribution < -0.4 is 15.5 Å². The molecule has 2 aromatic carbocycles. The summed E-state index contributed by atoms with van der Waals surface area (Å²) in [5.74, 6) is 1.94. The zero-order valence-corrected chi connectivity index (χ0v) is 16.8. The smallest absolute Gasteiger partial charge is 0.199 e. The van der Waals surface area contributed by atoms with Crippen LogP contribution in [0, 0.1) is 0 Å². The normalized spacial score (nSPS) is 14.4. The van der Waals surface area contributed by atoms with Gasteiger partial charge in [-0.25, -0.2) is 9.98 Å². The van der Waals surface area contributed by atoms with Gasteiger partial charge >= 0.3 is 0 Å². The number of para-hydroxylation sites is 1. The van der Waals surface area contributed by atoms with E-state index in [1.165, 1.54) is 12.8 Å². The Hall–Kier alpha value is -2.73. The number of ether oxygens (including phenoxy) is 1. The number of hydrogen-bond acceptors (Lipinski definition) is 3. The lowest BCUT2D eigenvalue weighted by Crippen LogP contribution is -2.28. The molecule has 0 saturated heterocycles. The van der Waals surface area contributed by atoms with E-state index in [2.05, 4.69) is 16.0 Å². The standard InChI is InChI=1S/C22H24N4OS/c1-2-27-17-13-11-16(12-14-17)23-22(28)25-21-18-8-5-6-9-19(18)24-20-10-4-3-7-15-26(20)21/h5-6,8-9,11-14H,2-4,7,10,15H2,1H3,(H,23,28). The van der Waals surface area contributed by atoms with Crippen molar-refractivity contribution in [1.82, 2.24) is 9.55 Å². The van der Waals surface area contributed by atoms with Crippen molar-refractivity contribution in [3.8, 4) is 5.75 Å². The van der Waals surface area contributed by atoms with Gasteiger partial charge in [-0.15, -0.1) is 0 Å². The van der Waals surface area contributed by atoms with Crippen LogP contribution in [0.3, 0.4) is 0 Å². The minimum absolute atomic E-state index is 0.444. The lowest BCUT2D eigenvalue weighted by molar-refractivity contribution is 0.340. The van der Waals surface area contributed by atoms with Crippen molar-refractivity contribution in [3.05, 3.63) is 59.8 Å². The van der Waals surface area contributed by atoms with Crippen LogP contribution in [0.15, 0.2) is 53.5 Å². The molecule has 0 radical (unpaired) electrons. The van der Waals surface area contributed by atoms with Crippen LogP contribution in [0.2, 0.25) is 0 Å².